The van der Waals surface area contributed by atoms with Crippen molar-refractivity contribution >= 4 is 28.6 Å². The number of pyridine rings is 1. The molecule has 1 atom stereocenters. The molecule has 7 nitrogen and oxygen atoms in total. The molecular weight excluding hydrogens is 421 g/mol. The highest BCUT2D eigenvalue weighted by Gasteiger charge is 2.32. The maximum atomic E-state index is 12.6. The molecule has 0 saturated heterocycles. The lowest BCUT2D eigenvalue weighted by molar-refractivity contribution is -0.141. The molecule has 10 heteroatoms. The summed E-state index contributed by atoms with van der Waals surface area (Å²) in [6, 6.07) is 8.87. The Balaban J connectivity index is 1.46. The van der Waals surface area contributed by atoms with Gasteiger partial charge >= 0.3 is 6.18 Å². The Morgan fingerprint density at radius 3 is 2.66 bits per heavy atom. The molecule has 4 rings (SSSR count). The van der Waals surface area contributed by atoms with Crippen molar-refractivity contribution in [2.45, 2.75) is 26.1 Å². The van der Waals surface area contributed by atoms with Crippen molar-refractivity contribution in [1.29, 1.82) is 0 Å². The normalized spacial score (nSPS) is 12.5. The molecule has 32 heavy (non-hydrogen) atoms. The number of H-pyrrole nitrogens is 1. The first-order valence-corrected chi connectivity index (χ1v) is 9.72. The number of fused-ring (bicyclic) bond motifs is 1. The van der Waals surface area contributed by atoms with Crippen LogP contribution >= 0.6 is 0 Å². The van der Waals surface area contributed by atoms with Gasteiger partial charge in [0, 0.05) is 18.1 Å². The van der Waals surface area contributed by atoms with Crippen molar-refractivity contribution in [3.63, 3.8) is 0 Å². The van der Waals surface area contributed by atoms with Gasteiger partial charge in [0.15, 0.2) is 5.65 Å². The predicted octanol–water partition coefficient (Wildman–Crippen LogP) is 5.11. The Bertz CT molecular complexity index is 1270. The van der Waals surface area contributed by atoms with E-state index in [-0.39, 0.29) is 11.6 Å². The topological polar surface area (TPSA) is 95.6 Å². The van der Waals surface area contributed by atoms with Gasteiger partial charge < -0.3 is 15.6 Å². The Morgan fingerprint density at radius 2 is 1.94 bits per heavy atom. The monoisotopic (exact) mass is 440 g/mol. The lowest BCUT2D eigenvalue weighted by Gasteiger charge is -2.16. The Morgan fingerprint density at radius 1 is 1.12 bits per heavy atom. The van der Waals surface area contributed by atoms with E-state index in [1.807, 2.05) is 26.1 Å². The fourth-order valence-electron chi connectivity index (χ4n) is 3.17. The van der Waals surface area contributed by atoms with Crippen LogP contribution in [0.4, 0.5) is 24.7 Å². The molecular formula is C22H19F3N6O. The van der Waals surface area contributed by atoms with Gasteiger partial charge in [0.05, 0.1) is 17.8 Å². The SMILES string of the molecule is Cc1c[nH]c2ncc(N[C@@H](C)c3cccc(NC(=O)c4ccc(C(F)(F)F)nc4)c3)nc12. The zero-order valence-electron chi connectivity index (χ0n) is 17.2. The summed E-state index contributed by atoms with van der Waals surface area (Å²) in [5, 5.41) is 5.97. The highest BCUT2D eigenvalue weighted by molar-refractivity contribution is 6.04. The van der Waals surface area contributed by atoms with Crippen LogP contribution in [0.1, 0.15) is 40.1 Å². The van der Waals surface area contributed by atoms with Crippen LogP contribution in [0.15, 0.2) is 55.0 Å². The van der Waals surface area contributed by atoms with Crippen LogP contribution in [0.3, 0.4) is 0 Å². The molecule has 1 aromatic carbocycles. The number of carbonyl (C=O) groups excluding carboxylic acids is 1. The van der Waals surface area contributed by atoms with E-state index in [9.17, 15) is 18.0 Å². The molecule has 0 aliphatic heterocycles. The summed E-state index contributed by atoms with van der Waals surface area (Å²) in [7, 11) is 0. The number of anilines is 2. The standard InChI is InChI=1S/C22H19F3N6O/c1-12-9-27-20-19(12)31-18(11-28-20)29-13(2)14-4-3-5-16(8-14)30-21(32)15-6-7-17(26-10-15)22(23,24)25/h3-11,13H,1-2H3,(H,27,28)(H,29,31)(H,30,32)/t13-/m0/s1. The minimum Gasteiger partial charge on any atom is -0.362 e. The lowest BCUT2D eigenvalue weighted by atomic mass is 10.1. The predicted molar refractivity (Wildman–Crippen MR) is 114 cm³/mol. The van der Waals surface area contributed by atoms with Crippen LogP contribution in [0.25, 0.3) is 11.2 Å². The summed E-state index contributed by atoms with van der Waals surface area (Å²) in [4.78, 5) is 27.7. The quantitative estimate of drug-likeness (QED) is 0.401. The van der Waals surface area contributed by atoms with E-state index in [0.717, 1.165) is 35.0 Å². The van der Waals surface area contributed by atoms with E-state index >= 15 is 0 Å². The number of benzene rings is 1. The lowest BCUT2D eigenvalue weighted by Crippen LogP contribution is -2.15. The van der Waals surface area contributed by atoms with Crippen LogP contribution in [-0.4, -0.2) is 25.8 Å². The first-order chi connectivity index (χ1) is 15.2. The zero-order chi connectivity index (χ0) is 22.9. The number of halogens is 3. The summed E-state index contributed by atoms with van der Waals surface area (Å²) in [6.45, 7) is 3.88. The van der Waals surface area contributed by atoms with Crippen molar-refractivity contribution < 1.29 is 18.0 Å². The highest BCUT2D eigenvalue weighted by atomic mass is 19.4. The fraction of sp³-hybridized carbons (Fsp3) is 0.182. The molecule has 3 N–H and O–H groups in total. The number of aromatic amines is 1. The number of aryl methyl sites for hydroxylation is 1. The molecule has 0 fully saturated rings. The van der Waals surface area contributed by atoms with Crippen molar-refractivity contribution in [1.82, 2.24) is 19.9 Å². The third kappa shape index (κ3) is 4.53. The number of alkyl halides is 3. The van der Waals surface area contributed by atoms with Crippen LogP contribution < -0.4 is 10.6 Å². The van der Waals surface area contributed by atoms with Gasteiger partial charge in [-0.05, 0) is 49.2 Å². The highest BCUT2D eigenvalue weighted by Crippen LogP contribution is 2.27. The number of nitrogens with zero attached hydrogens (tertiary/aromatic N) is 3. The minimum absolute atomic E-state index is 0.0278. The summed E-state index contributed by atoms with van der Waals surface area (Å²) >= 11 is 0. The molecule has 164 valence electrons. The Kier molecular flexibility index (Phi) is 5.52. The first kappa shape index (κ1) is 21.3. The van der Waals surface area contributed by atoms with Gasteiger partial charge in [-0.1, -0.05) is 12.1 Å². The molecule has 0 radical (unpaired) electrons. The van der Waals surface area contributed by atoms with Gasteiger partial charge in [-0.2, -0.15) is 13.2 Å². The van der Waals surface area contributed by atoms with Crippen molar-refractivity contribution in [2.75, 3.05) is 10.6 Å². The van der Waals surface area contributed by atoms with Gasteiger partial charge in [-0.25, -0.2) is 9.97 Å². The number of nitrogens with one attached hydrogen (secondary N) is 3. The van der Waals surface area contributed by atoms with E-state index in [1.165, 1.54) is 0 Å². The molecule has 0 saturated carbocycles. The largest absolute Gasteiger partial charge is 0.433 e. The third-order valence-corrected chi connectivity index (χ3v) is 4.90. The molecule has 0 aliphatic carbocycles. The summed E-state index contributed by atoms with van der Waals surface area (Å²) in [5.74, 6) is 0.0567. The van der Waals surface area contributed by atoms with E-state index in [1.54, 1.807) is 24.4 Å². The third-order valence-electron chi connectivity index (χ3n) is 4.90. The van der Waals surface area contributed by atoms with Gasteiger partial charge in [-0.3, -0.25) is 9.78 Å². The van der Waals surface area contributed by atoms with Crippen LogP contribution in [0, 0.1) is 6.92 Å². The molecule has 0 aliphatic rings. The average Bonchev–Trinajstić information content (AvgIpc) is 3.13. The first-order valence-electron chi connectivity index (χ1n) is 9.72. The van der Waals surface area contributed by atoms with Crippen molar-refractivity contribution in [2.24, 2.45) is 0 Å². The molecule has 4 aromatic rings. The van der Waals surface area contributed by atoms with Gasteiger partial charge in [0.2, 0.25) is 0 Å². The summed E-state index contributed by atoms with van der Waals surface area (Å²) in [5.41, 5.74) is 2.85. The fourth-order valence-corrected chi connectivity index (χ4v) is 3.17. The molecule has 3 aromatic heterocycles. The number of hydrogen-bond donors (Lipinski definition) is 3. The van der Waals surface area contributed by atoms with Crippen LogP contribution in [0.5, 0.6) is 0 Å². The summed E-state index contributed by atoms with van der Waals surface area (Å²) in [6.07, 6.45) is -0.167. The maximum absolute atomic E-state index is 12.6. The second kappa shape index (κ2) is 8.29. The second-order valence-electron chi connectivity index (χ2n) is 7.30. The van der Waals surface area contributed by atoms with Crippen molar-refractivity contribution in [3.8, 4) is 0 Å². The van der Waals surface area contributed by atoms with Gasteiger partial charge in [0.1, 0.15) is 17.0 Å². The maximum Gasteiger partial charge on any atom is 0.433 e. The Hall–Kier alpha value is -3.95. The molecule has 0 unspecified atom stereocenters. The number of rotatable bonds is 5. The molecule has 3 heterocycles. The van der Waals surface area contributed by atoms with E-state index in [4.69, 9.17) is 0 Å². The van der Waals surface area contributed by atoms with Crippen LogP contribution in [0.2, 0.25) is 0 Å². The zero-order valence-corrected chi connectivity index (χ0v) is 17.2. The van der Waals surface area contributed by atoms with E-state index < -0.39 is 17.8 Å². The van der Waals surface area contributed by atoms with Gasteiger partial charge in [0.25, 0.3) is 5.91 Å². The molecule has 1 amide bonds. The number of carbonyl (C=O) groups is 1. The number of aromatic nitrogens is 4. The van der Waals surface area contributed by atoms with Crippen LogP contribution in [-0.2, 0) is 6.18 Å². The van der Waals surface area contributed by atoms with E-state index in [0.29, 0.717) is 17.2 Å². The molecule has 0 spiro atoms. The van der Waals surface area contributed by atoms with Gasteiger partial charge in [-0.15, -0.1) is 0 Å². The number of hydrogen-bond acceptors (Lipinski definition) is 5. The minimum atomic E-state index is -4.55. The average molecular weight is 440 g/mol. The van der Waals surface area contributed by atoms with E-state index in [2.05, 4.69) is 30.6 Å². The molecule has 0 bridgehead atoms. The number of amides is 1. The smallest absolute Gasteiger partial charge is 0.362 e. The summed E-state index contributed by atoms with van der Waals surface area (Å²) < 4.78 is 37.9. The van der Waals surface area contributed by atoms with Crippen molar-refractivity contribution in [3.05, 3.63) is 77.4 Å². The Labute approximate surface area is 181 Å². The second-order valence-corrected chi connectivity index (χ2v) is 7.30.